The lowest BCUT2D eigenvalue weighted by molar-refractivity contribution is 0.212. The highest BCUT2D eigenvalue weighted by atomic mass is 32.2. The molecule has 20 heavy (non-hydrogen) atoms. The van der Waals surface area contributed by atoms with E-state index in [1.54, 1.807) is 11.8 Å². The Morgan fingerprint density at radius 3 is 2.40 bits per heavy atom. The molecule has 1 rings (SSSR count). The summed E-state index contributed by atoms with van der Waals surface area (Å²) in [6, 6.07) is 7.71. The fraction of sp³-hybridized carbons (Fsp3) is 0.533. The van der Waals surface area contributed by atoms with Crippen LogP contribution < -0.4 is 10.6 Å². The van der Waals surface area contributed by atoms with Crippen LogP contribution in [0.5, 0.6) is 0 Å². The van der Waals surface area contributed by atoms with E-state index < -0.39 is 0 Å². The molecule has 0 spiro atoms. The second-order valence-corrected chi connectivity index (χ2v) is 5.97. The predicted molar refractivity (Wildman–Crippen MR) is 84.1 cm³/mol. The number of carbonyl (C=O) groups is 1. The van der Waals surface area contributed by atoms with Gasteiger partial charge in [0.2, 0.25) is 0 Å². The van der Waals surface area contributed by atoms with Gasteiger partial charge in [0, 0.05) is 4.90 Å². The first-order chi connectivity index (χ1) is 9.60. The quantitative estimate of drug-likeness (QED) is 0.678. The molecule has 1 aromatic carbocycles. The smallest absolute Gasteiger partial charge is 0.315 e. The average molecular weight is 296 g/mol. The van der Waals surface area contributed by atoms with Gasteiger partial charge in [-0.25, -0.2) is 4.79 Å². The summed E-state index contributed by atoms with van der Waals surface area (Å²) in [5.74, 6) is 1.05. The van der Waals surface area contributed by atoms with Crippen molar-refractivity contribution in [2.24, 2.45) is 0 Å². The number of amides is 2. The first kappa shape index (κ1) is 16.9. The number of rotatable bonds is 7. The minimum Gasteiger partial charge on any atom is -0.394 e. The third-order valence-electron chi connectivity index (χ3n) is 3.09. The molecule has 0 bridgehead atoms. The van der Waals surface area contributed by atoms with Crippen molar-refractivity contribution in [1.82, 2.24) is 10.6 Å². The molecule has 0 saturated carbocycles. The normalized spacial score (nSPS) is 13.6. The summed E-state index contributed by atoms with van der Waals surface area (Å²) in [4.78, 5) is 13.0. The summed E-state index contributed by atoms with van der Waals surface area (Å²) >= 11 is 1.80. The Labute approximate surface area is 125 Å². The van der Waals surface area contributed by atoms with Gasteiger partial charge in [-0.2, -0.15) is 0 Å². The van der Waals surface area contributed by atoms with Crippen molar-refractivity contribution in [1.29, 1.82) is 0 Å². The minimum absolute atomic E-state index is 0.0404. The second kappa shape index (κ2) is 8.87. The van der Waals surface area contributed by atoms with Crippen LogP contribution in [-0.2, 0) is 0 Å². The molecule has 3 N–H and O–H groups in total. The Kier molecular flexibility index (Phi) is 7.47. The Bertz CT molecular complexity index is 405. The maximum Gasteiger partial charge on any atom is 0.315 e. The molecule has 2 atom stereocenters. The number of benzene rings is 1. The van der Waals surface area contributed by atoms with Gasteiger partial charge in [0.25, 0.3) is 0 Å². The Hall–Kier alpha value is -1.20. The lowest BCUT2D eigenvalue weighted by Gasteiger charge is -2.19. The van der Waals surface area contributed by atoms with Crippen LogP contribution in [0.1, 0.15) is 38.8 Å². The zero-order chi connectivity index (χ0) is 15.0. The number of aliphatic hydroxyl groups excluding tert-OH is 1. The van der Waals surface area contributed by atoms with Crippen LogP contribution in [-0.4, -0.2) is 29.5 Å². The van der Waals surface area contributed by atoms with E-state index in [1.807, 2.05) is 26.0 Å². The topological polar surface area (TPSA) is 61.4 Å². The molecule has 0 fully saturated rings. The van der Waals surface area contributed by atoms with Crippen molar-refractivity contribution < 1.29 is 9.90 Å². The number of nitrogens with one attached hydrogen (secondary N) is 2. The molecule has 0 aliphatic heterocycles. The summed E-state index contributed by atoms with van der Waals surface area (Å²) in [7, 11) is 0. The van der Waals surface area contributed by atoms with Crippen molar-refractivity contribution in [3.63, 3.8) is 0 Å². The second-order valence-electron chi connectivity index (χ2n) is 4.63. The first-order valence-electron chi connectivity index (χ1n) is 7.01. The molecule has 0 aliphatic rings. The van der Waals surface area contributed by atoms with Crippen LogP contribution in [0, 0.1) is 0 Å². The molecular formula is C15H24N2O2S. The van der Waals surface area contributed by atoms with Gasteiger partial charge in [-0.1, -0.05) is 26.0 Å². The molecule has 0 aliphatic carbocycles. The number of urea groups is 1. The lowest BCUT2D eigenvalue weighted by Crippen LogP contribution is -2.44. The van der Waals surface area contributed by atoms with E-state index in [-0.39, 0.29) is 24.7 Å². The minimum atomic E-state index is -0.245. The fourth-order valence-corrected chi connectivity index (χ4v) is 2.47. The predicted octanol–water partition coefficient (Wildman–Crippen LogP) is 2.93. The molecule has 0 heterocycles. The third kappa shape index (κ3) is 5.43. The van der Waals surface area contributed by atoms with Crippen LogP contribution in [0.2, 0.25) is 0 Å². The molecule has 2 unspecified atom stereocenters. The van der Waals surface area contributed by atoms with Crippen LogP contribution in [0.4, 0.5) is 4.79 Å². The van der Waals surface area contributed by atoms with Gasteiger partial charge >= 0.3 is 6.03 Å². The molecule has 112 valence electrons. The molecule has 0 saturated heterocycles. The Morgan fingerprint density at radius 1 is 1.25 bits per heavy atom. The van der Waals surface area contributed by atoms with Gasteiger partial charge in [0.05, 0.1) is 18.7 Å². The number of hydrogen-bond acceptors (Lipinski definition) is 3. The average Bonchev–Trinajstić information content (AvgIpc) is 2.45. The van der Waals surface area contributed by atoms with Crippen molar-refractivity contribution in [2.75, 3.05) is 12.4 Å². The standard InChI is InChI=1S/C15H24N2O2S/c1-4-13(10-18)17-15(19)16-11(3)12-6-8-14(9-7-12)20-5-2/h6-9,11,13,18H,4-5,10H2,1-3H3,(H2,16,17,19). The summed E-state index contributed by atoms with van der Waals surface area (Å²) in [5.41, 5.74) is 1.07. The Morgan fingerprint density at radius 2 is 1.90 bits per heavy atom. The Balaban J connectivity index is 2.52. The van der Waals surface area contributed by atoms with Crippen LogP contribution >= 0.6 is 11.8 Å². The van der Waals surface area contributed by atoms with E-state index in [0.29, 0.717) is 6.42 Å². The van der Waals surface area contributed by atoms with Crippen LogP contribution in [0.25, 0.3) is 0 Å². The van der Waals surface area contributed by atoms with Gasteiger partial charge in [-0.3, -0.25) is 0 Å². The van der Waals surface area contributed by atoms with Gasteiger partial charge in [-0.15, -0.1) is 11.8 Å². The van der Waals surface area contributed by atoms with Gasteiger partial charge < -0.3 is 15.7 Å². The molecule has 5 heteroatoms. The highest BCUT2D eigenvalue weighted by Crippen LogP contribution is 2.20. The molecule has 0 aromatic heterocycles. The van der Waals surface area contributed by atoms with Gasteiger partial charge in [-0.05, 0) is 36.8 Å². The third-order valence-corrected chi connectivity index (χ3v) is 3.98. The molecule has 2 amide bonds. The van der Waals surface area contributed by atoms with Crippen molar-refractivity contribution in [3.8, 4) is 0 Å². The van der Waals surface area contributed by atoms with E-state index >= 15 is 0 Å². The number of carbonyl (C=O) groups excluding carboxylic acids is 1. The summed E-state index contributed by atoms with van der Waals surface area (Å²) in [6.07, 6.45) is 0.710. The van der Waals surface area contributed by atoms with Crippen LogP contribution in [0.3, 0.4) is 0 Å². The SMILES string of the molecule is CCSc1ccc(C(C)NC(=O)NC(CC)CO)cc1. The molecule has 4 nitrogen and oxygen atoms in total. The van der Waals surface area contributed by atoms with E-state index in [0.717, 1.165) is 11.3 Å². The maximum atomic E-state index is 11.8. The van der Waals surface area contributed by atoms with Crippen LogP contribution in [0.15, 0.2) is 29.2 Å². The highest BCUT2D eigenvalue weighted by molar-refractivity contribution is 7.99. The summed E-state index contributed by atoms with van der Waals surface area (Å²) in [5, 5.41) is 14.7. The largest absolute Gasteiger partial charge is 0.394 e. The number of hydrogen-bond donors (Lipinski definition) is 3. The van der Waals surface area contributed by atoms with E-state index in [4.69, 9.17) is 5.11 Å². The van der Waals surface area contributed by atoms with Gasteiger partial charge in [0.1, 0.15) is 0 Å². The first-order valence-corrected chi connectivity index (χ1v) is 7.99. The van der Waals surface area contributed by atoms with Gasteiger partial charge in [0.15, 0.2) is 0 Å². The zero-order valence-electron chi connectivity index (χ0n) is 12.3. The van der Waals surface area contributed by atoms with Crippen molar-refractivity contribution in [3.05, 3.63) is 29.8 Å². The zero-order valence-corrected chi connectivity index (χ0v) is 13.2. The summed E-state index contributed by atoms with van der Waals surface area (Å²) < 4.78 is 0. The van der Waals surface area contributed by atoms with E-state index in [1.165, 1.54) is 4.90 Å². The monoisotopic (exact) mass is 296 g/mol. The van der Waals surface area contributed by atoms with E-state index in [2.05, 4.69) is 29.7 Å². The maximum absolute atomic E-state index is 11.8. The lowest BCUT2D eigenvalue weighted by atomic mass is 10.1. The van der Waals surface area contributed by atoms with Crippen molar-refractivity contribution >= 4 is 17.8 Å². The fourth-order valence-electron chi connectivity index (χ4n) is 1.80. The highest BCUT2D eigenvalue weighted by Gasteiger charge is 2.12. The number of aliphatic hydroxyl groups is 1. The van der Waals surface area contributed by atoms with Crippen molar-refractivity contribution in [2.45, 2.75) is 44.2 Å². The molecule has 0 radical (unpaired) electrons. The summed E-state index contributed by atoms with van der Waals surface area (Å²) in [6.45, 7) is 5.95. The molecule has 1 aromatic rings. The van der Waals surface area contributed by atoms with E-state index in [9.17, 15) is 4.79 Å². The number of thioether (sulfide) groups is 1. The molecular weight excluding hydrogens is 272 g/mol.